The number of aryl methyl sites for hydroxylation is 1. The summed E-state index contributed by atoms with van der Waals surface area (Å²) in [6.45, 7) is 2.06. The molecule has 0 radical (unpaired) electrons. The second-order valence-corrected chi connectivity index (χ2v) is 6.51. The first kappa shape index (κ1) is 14.8. The highest BCUT2D eigenvalue weighted by molar-refractivity contribution is 6.01. The average molecular weight is 344 g/mol. The highest BCUT2D eigenvalue weighted by Gasteiger charge is 2.26. The smallest absolute Gasteiger partial charge is 0.270 e. The Morgan fingerprint density at radius 1 is 1.04 bits per heavy atom. The molecule has 0 spiro atoms. The van der Waals surface area contributed by atoms with E-state index in [1.54, 1.807) is 10.6 Å². The third kappa shape index (κ3) is 2.21. The highest BCUT2D eigenvalue weighted by Crippen LogP contribution is 2.24. The monoisotopic (exact) mass is 344 g/mol. The molecule has 1 atom stereocenters. The van der Waals surface area contributed by atoms with Gasteiger partial charge < -0.3 is 0 Å². The molecule has 5 rings (SSSR count). The molecule has 128 valence electrons. The summed E-state index contributed by atoms with van der Waals surface area (Å²) in [6.07, 6.45) is 0.679. The predicted octanol–water partition coefficient (Wildman–Crippen LogP) is 2.32. The normalized spacial score (nSPS) is 16.8. The number of benzene rings is 2. The molecule has 1 aliphatic heterocycles. The summed E-state index contributed by atoms with van der Waals surface area (Å²) in [5, 5.41) is 17.3. The van der Waals surface area contributed by atoms with Crippen molar-refractivity contribution in [1.29, 1.82) is 0 Å². The lowest BCUT2D eigenvalue weighted by molar-refractivity contribution is 0.564. The standard InChI is InChI=1S/C19H16N6O/c1-11-6-8-12(9-7-11)15-10-16(21-20-15)18-23-22-17-13-4-2-3-5-14(13)19(26)24-25(17)18/h2-9,16,21H,10H2,1H3,(H,24,26). The van der Waals surface area contributed by atoms with E-state index in [4.69, 9.17) is 0 Å². The van der Waals surface area contributed by atoms with Gasteiger partial charge in [-0.3, -0.25) is 15.3 Å². The van der Waals surface area contributed by atoms with Crippen molar-refractivity contribution in [1.82, 2.24) is 25.2 Å². The van der Waals surface area contributed by atoms with Gasteiger partial charge in [0.25, 0.3) is 5.56 Å². The molecule has 0 amide bonds. The van der Waals surface area contributed by atoms with Crippen molar-refractivity contribution in [3.05, 3.63) is 75.8 Å². The Hall–Kier alpha value is -3.48. The maximum atomic E-state index is 12.4. The number of fused-ring (bicyclic) bond motifs is 3. The van der Waals surface area contributed by atoms with Crippen LogP contribution in [-0.4, -0.2) is 25.5 Å². The van der Waals surface area contributed by atoms with Gasteiger partial charge in [0.2, 0.25) is 0 Å². The van der Waals surface area contributed by atoms with E-state index in [0.29, 0.717) is 23.3 Å². The van der Waals surface area contributed by atoms with Crippen LogP contribution in [0.4, 0.5) is 0 Å². The van der Waals surface area contributed by atoms with E-state index < -0.39 is 0 Å². The molecule has 3 heterocycles. The topological polar surface area (TPSA) is 87.4 Å². The molecule has 0 aliphatic carbocycles. The zero-order chi connectivity index (χ0) is 17.7. The number of aromatic amines is 1. The van der Waals surface area contributed by atoms with E-state index in [9.17, 15) is 4.79 Å². The van der Waals surface area contributed by atoms with Crippen LogP contribution < -0.4 is 11.0 Å². The Balaban J connectivity index is 1.55. The lowest BCUT2D eigenvalue weighted by Gasteiger charge is -2.08. The molecule has 7 nitrogen and oxygen atoms in total. The average Bonchev–Trinajstić information content (AvgIpc) is 3.29. The van der Waals surface area contributed by atoms with Crippen LogP contribution in [0.5, 0.6) is 0 Å². The first-order valence-electron chi connectivity index (χ1n) is 8.46. The molecular formula is C19H16N6O. The SMILES string of the molecule is Cc1ccc(C2=NNC(c3nnc4c5ccccc5c(=O)[nH]n34)C2)cc1. The molecule has 2 aromatic carbocycles. The Morgan fingerprint density at radius 2 is 1.81 bits per heavy atom. The van der Waals surface area contributed by atoms with Crippen LogP contribution in [0.2, 0.25) is 0 Å². The van der Waals surface area contributed by atoms with E-state index in [0.717, 1.165) is 16.7 Å². The van der Waals surface area contributed by atoms with Gasteiger partial charge in [-0.05, 0) is 18.6 Å². The molecular weight excluding hydrogens is 328 g/mol. The van der Waals surface area contributed by atoms with Crippen molar-refractivity contribution >= 4 is 22.1 Å². The molecule has 1 unspecified atom stereocenters. The number of nitrogens with zero attached hydrogens (tertiary/aromatic N) is 4. The number of hydrazone groups is 1. The van der Waals surface area contributed by atoms with Gasteiger partial charge in [0, 0.05) is 11.8 Å². The van der Waals surface area contributed by atoms with E-state index in [-0.39, 0.29) is 11.6 Å². The third-order valence-electron chi connectivity index (χ3n) is 4.76. The van der Waals surface area contributed by atoms with Crippen LogP contribution in [0, 0.1) is 6.92 Å². The summed E-state index contributed by atoms with van der Waals surface area (Å²) < 4.78 is 1.66. The van der Waals surface area contributed by atoms with Crippen LogP contribution >= 0.6 is 0 Å². The summed E-state index contributed by atoms with van der Waals surface area (Å²) in [4.78, 5) is 12.4. The molecule has 0 bridgehead atoms. The van der Waals surface area contributed by atoms with Crippen molar-refractivity contribution < 1.29 is 0 Å². The van der Waals surface area contributed by atoms with Gasteiger partial charge in [-0.15, -0.1) is 10.2 Å². The molecule has 26 heavy (non-hydrogen) atoms. The Morgan fingerprint density at radius 3 is 2.62 bits per heavy atom. The number of hydrogen-bond acceptors (Lipinski definition) is 5. The Kier molecular flexibility index (Phi) is 3.15. The zero-order valence-corrected chi connectivity index (χ0v) is 14.1. The van der Waals surface area contributed by atoms with Gasteiger partial charge in [0.05, 0.1) is 11.1 Å². The quantitative estimate of drug-likeness (QED) is 0.584. The molecule has 2 aromatic heterocycles. The van der Waals surface area contributed by atoms with Crippen molar-refractivity contribution in [3.63, 3.8) is 0 Å². The van der Waals surface area contributed by atoms with Crippen LogP contribution in [0.3, 0.4) is 0 Å². The van der Waals surface area contributed by atoms with Gasteiger partial charge in [0.1, 0.15) is 6.04 Å². The summed E-state index contributed by atoms with van der Waals surface area (Å²) in [5.41, 5.74) is 6.87. The van der Waals surface area contributed by atoms with Crippen LogP contribution in [0.15, 0.2) is 58.4 Å². The number of H-pyrrole nitrogens is 1. The second-order valence-electron chi connectivity index (χ2n) is 6.51. The third-order valence-corrected chi connectivity index (χ3v) is 4.76. The predicted molar refractivity (Wildman–Crippen MR) is 99.3 cm³/mol. The van der Waals surface area contributed by atoms with Gasteiger partial charge in [-0.25, -0.2) is 4.52 Å². The fourth-order valence-electron chi connectivity index (χ4n) is 3.36. The zero-order valence-electron chi connectivity index (χ0n) is 14.1. The van der Waals surface area contributed by atoms with Gasteiger partial charge in [-0.1, -0.05) is 48.0 Å². The fourth-order valence-corrected chi connectivity index (χ4v) is 3.36. The molecule has 2 N–H and O–H groups in total. The first-order chi connectivity index (χ1) is 12.7. The summed E-state index contributed by atoms with van der Waals surface area (Å²) in [7, 11) is 0. The Labute approximate surface area is 148 Å². The second kappa shape index (κ2) is 5.52. The fraction of sp³-hybridized carbons (Fsp3) is 0.158. The molecule has 7 heteroatoms. The number of rotatable bonds is 2. The van der Waals surface area contributed by atoms with Gasteiger partial charge in [-0.2, -0.15) is 5.10 Å². The lowest BCUT2D eigenvalue weighted by atomic mass is 10.0. The van der Waals surface area contributed by atoms with Crippen molar-refractivity contribution in [2.24, 2.45) is 5.10 Å². The van der Waals surface area contributed by atoms with E-state index in [1.807, 2.05) is 18.2 Å². The van der Waals surface area contributed by atoms with Gasteiger partial charge in [0.15, 0.2) is 11.5 Å². The van der Waals surface area contributed by atoms with Crippen molar-refractivity contribution in [2.75, 3.05) is 0 Å². The minimum Gasteiger partial charge on any atom is -0.299 e. The van der Waals surface area contributed by atoms with Crippen LogP contribution in [0.1, 0.15) is 29.4 Å². The van der Waals surface area contributed by atoms with E-state index >= 15 is 0 Å². The van der Waals surface area contributed by atoms with E-state index in [2.05, 4.69) is 57.0 Å². The van der Waals surface area contributed by atoms with Crippen molar-refractivity contribution in [3.8, 4) is 0 Å². The number of hydrogen-bond donors (Lipinski definition) is 2. The first-order valence-corrected chi connectivity index (χ1v) is 8.46. The number of nitrogens with one attached hydrogen (secondary N) is 2. The molecule has 0 saturated carbocycles. The minimum absolute atomic E-state index is 0.141. The number of aromatic nitrogens is 4. The maximum absolute atomic E-state index is 12.4. The van der Waals surface area contributed by atoms with Gasteiger partial charge >= 0.3 is 0 Å². The van der Waals surface area contributed by atoms with Crippen LogP contribution in [0.25, 0.3) is 16.4 Å². The molecule has 1 aliphatic rings. The molecule has 4 aromatic rings. The Bertz CT molecular complexity index is 1220. The van der Waals surface area contributed by atoms with E-state index in [1.165, 1.54) is 5.56 Å². The lowest BCUT2D eigenvalue weighted by Crippen LogP contribution is -2.19. The summed E-state index contributed by atoms with van der Waals surface area (Å²) >= 11 is 0. The summed E-state index contributed by atoms with van der Waals surface area (Å²) in [5.74, 6) is 0.647. The minimum atomic E-state index is -0.160. The summed E-state index contributed by atoms with van der Waals surface area (Å²) in [6, 6.07) is 15.5. The largest absolute Gasteiger partial charge is 0.299 e. The highest BCUT2D eigenvalue weighted by atomic mass is 16.1. The molecule has 0 saturated heterocycles. The van der Waals surface area contributed by atoms with Crippen LogP contribution in [-0.2, 0) is 0 Å². The van der Waals surface area contributed by atoms with Crippen molar-refractivity contribution in [2.45, 2.75) is 19.4 Å². The molecule has 0 fully saturated rings. The maximum Gasteiger partial charge on any atom is 0.270 e.